The van der Waals surface area contributed by atoms with Crippen molar-refractivity contribution in [3.05, 3.63) is 53.9 Å². The molecule has 0 saturated carbocycles. The Bertz CT molecular complexity index is 962. The molecular formula is C19H22N6O2. The topological polar surface area (TPSA) is 78.1 Å². The number of methoxy groups -OCH3 is 1. The van der Waals surface area contributed by atoms with Crippen molar-refractivity contribution >= 4 is 5.91 Å². The molecule has 1 aromatic carbocycles. The minimum atomic E-state index is -0.0541. The van der Waals surface area contributed by atoms with Crippen molar-refractivity contribution in [2.75, 3.05) is 13.7 Å². The van der Waals surface area contributed by atoms with E-state index in [4.69, 9.17) is 4.74 Å². The van der Waals surface area contributed by atoms with Gasteiger partial charge in [0.05, 0.1) is 18.8 Å². The average Bonchev–Trinajstić information content (AvgIpc) is 3.26. The molecule has 3 aromatic rings. The number of aromatic nitrogens is 5. The van der Waals surface area contributed by atoms with Crippen LogP contribution in [0.5, 0.6) is 0 Å². The van der Waals surface area contributed by atoms with Crippen LogP contribution in [0.3, 0.4) is 0 Å². The normalized spacial score (nSPS) is 16.4. The second-order valence-electron chi connectivity index (χ2n) is 6.76. The number of carbonyl (C=O) groups excluding carboxylic acids is 1. The van der Waals surface area contributed by atoms with Crippen LogP contribution in [-0.4, -0.2) is 48.8 Å². The highest BCUT2D eigenvalue weighted by Gasteiger charge is 2.31. The van der Waals surface area contributed by atoms with Crippen LogP contribution in [0.1, 0.15) is 35.1 Å². The summed E-state index contributed by atoms with van der Waals surface area (Å²) in [5, 5.41) is 8.44. The minimum absolute atomic E-state index is 0.0541. The maximum absolute atomic E-state index is 13.1. The molecule has 1 aliphatic rings. The summed E-state index contributed by atoms with van der Waals surface area (Å²) in [7, 11) is 3.51. The summed E-state index contributed by atoms with van der Waals surface area (Å²) in [4.78, 5) is 19.4. The molecule has 3 heterocycles. The van der Waals surface area contributed by atoms with Crippen molar-refractivity contribution in [1.82, 2.24) is 29.2 Å². The lowest BCUT2D eigenvalue weighted by atomic mass is 10.2. The summed E-state index contributed by atoms with van der Waals surface area (Å²) >= 11 is 0. The molecule has 0 saturated heterocycles. The summed E-state index contributed by atoms with van der Waals surface area (Å²) in [6.07, 6.45) is 1.64. The number of nitrogens with zero attached hydrogens (tertiary/aromatic N) is 6. The molecule has 0 unspecified atom stereocenters. The summed E-state index contributed by atoms with van der Waals surface area (Å²) in [5.41, 5.74) is 1.54. The average molecular weight is 366 g/mol. The molecule has 8 nitrogen and oxygen atoms in total. The molecule has 0 N–H and O–H groups in total. The quantitative estimate of drug-likeness (QED) is 0.706. The summed E-state index contributed by atoms with van der Waals surface area (Å²) in [6.45, 7) is 3.48. The van der Waals surface area contributed by atoms with Crippen molar-refractivity contribution in [2.45, 2.75) is 26.1 Å². The van der Waals surface area contributed by atoms with Gasteiger partial charge in [-0.25, -0.2) is 4.98 Å². The predicted octanol–water partition coefficient (Wildman–Crippen LogP) is 2.04. The van der Waals surface area contributed by atoms with E-state index in [0.29, 0.717) is 25.4 Å². The molecule has 27 heavy (non-hydrogen) atoms. The fourth-order valence-corrected chi connectivity index (χ4v) is 3.62. The van der Waals surface area contributed by atoms with Gasteiger partial charge in [0.15, 0.2) is 11.6 Å². The van der Waals surface area contributed by atoms with Crippen molar-refractivity contribution in [2.24, 2.45) is 7.05 Å². The monoisotopic (exact) mass is 366 g/mol. The Morgan fingerprint density at radius 3 is 2.78 bits per heavy atom. The fraction of sp³-hybridized carbons (Fsp3) is 0.368. The summed E-state index contributed by atoms with van der Waals surface area (Å²) in [6, 6.07) is 9.94. The molecule has 4 rings (SSSR count). The van der Waals surface area contributed by atoms with Crippen LogP contribution < -0.4 is 0 Å². The van der Waals surface area contributed by atoms with Crippen molar-refractivity contribution in [1.29, 1.82) is 0 Å². The maximum Gasteiger partial charge on any atom is 0.272 e. The number of rotatable bonds is 4. The van der Waals surface area contributed by atoms with Gasteiger partial charge < -0.3 is 18.8 Å². The van der Waals surface area contributed by atoms with Crippen LogP contribution in [-0.2, 0) is 24.9 Å². The molecule has 0 radical (unpaired) electrons. The number of benzene rings is 1. The van der Waals surface area contributed by atoms with Gasteiger partial charge in [-0.1, -0.05) is 30.3 Å². The number of fused-ring (bicyclic) bond motifs is 1. The van der Waals surface area contributed by atoms with E-state index in [1.54, 1.807) is 18.2 Å². The molecule has 0 spiro atoms. The largest absolute Gasteiger partial charge is 0.377 e. The van der Waals surface area contributed by atoms with Crippen molar-refractivity contribution < 1.29 is 9.53 Å². The van der Waals surface area contributed by atoms with Gasteiger partial charge in [0.25, 0.3) is 5.91 Å². The number of hydrogen-bond acceptors (Lipinski definition) is 5. The van der Waals surface area contributed by atoms with Crippen LogP contribution in [0.15, 0.2) is 36.5 Å². The van der Waals surface area contributed by atoms with E-state index in [1.165, 1.54) is 0 Å². The molecule has 1 atom stereocenters. The van der Waals surface area contributed by atoms with Gasteiger partial charge in [-0.05, 0) is 6.92 Å². The lowest BCUT2D eigenvalue weighted by Crippen LogP contribution is -2.41. The minimum Gasteiger partial charge on any atom is -0.377 e. The third-order valence-corrected chi connectivity index (χ3v) is 4.89. The SMILES string of the molecule is COCc1nnc2n1[C@@H](C)CN(C(=O)c1cnc(-c3ccccc3)n1C)C2. The van der Waals surface area contributed by atoms with E-state index in [1.807, 2.05) is 41.9 Å². The van der Waals surface area contributed by atoms with Gasteiger partial charge in [-0.3, -0.25) is 4.79 Å². The Hall–Kier alpha value is -3.00. The molecule has 140 valence electrons. The Labute approximate surface area is 157 Å². The maximum atomic E-state index is 13.1. The number of carbonyl (C=O) groups is 1. The number of amides is 1. The number of ether oxygens (including phenoxy) is 1. The van der Waals surface area contributed by atoms with E-state index >= 15 is 0 Å². The molecule has 8 heteroatoms. The van der Waals surface area contributed by atoms with E-state index in [-0.39, 0.29) is 11.9 Å². The van der Waals surface area contributed by atoms with Crippen LogP contribution >= 0.6 is 0 Å². The van der Waals surface area contributed by atoms with Crippen LogP contribution in [0.4, 0.5) is 0 Å². The molecule has 0 aliphatic carbocycles. The Balaban J connectivity index is 1.60. The first-order chi connectivity index (χ1) is 13.1. The highest BCUT2D eigenvalue weighted by atomic mass is 16.5. The van der Waals surface area contributed by atoms with Crippen molar-refractivity contribution in [3.63, 3.8) is 0 Å². The van der Waals surface area contributed by atoms with Gasteiger partial charge in [-0.15, -0.1) is 10.2 Å². The van der Waals surface area contributed by atoms with E-state index in [2.05, 4.69) is 26.7 Å². The van der Waals surface area contributed by atoms with Crippen LogP contribution in [0.25, 0.3) is 11.4 Å². The third-order valence-electron chi connectivity index (χ3n) is 4.89. The van der Waals surface area contributed by atoms with E-state index in [9.17, 15) is 4.79 Å². The first-order valence-electron chi connectivity index (χ1n) is 8.88. The predicted molar refractivity (Wildman–Crippen MR) is 98.8 cm³/mol. The fourth-order valence-electron chi connectivity index (χ4n) is 3.62. The molecule has 0 fully saturated rings. The molecule has 1 aliphatic heterocycles. The third kappa shape index (κ3) is 3.02. The van der Waals surface area contributed by atoms with Crippen molar-refractivity contribution in [3.8, 4) is 11.4 Å². The highest BCUT2D eigenvalue weighted by molar-refractivity contribution is 5.93. The summed E-state index contributed by atoms with van der Waals surface area (Å²) < 4.78 is 9.10. The zero-order valence-electron chi connectivity index (χ0n) is 15.7. The summed E-state index contributed by atoms with van der Waals surface area (Å²) in [5.74, 6) is 2.29. The second kappa shape index (κ2) is 6.96. The van der Waals surface area contributed by atoms with E-state index < -0.39 is 0 Å². The van der Waals surface area contributed by atoms with Crippen LogP contribution in [0, 0.1) is 0 Å². The molecule has 1 amide bonds. The van der Waals surface area contributed by atoms with Crippen LogP contribution in [0.2, 0.25) is 0 Å². The van der Waals surface area contributed by atoms with E-state index in [0.717, 1.165) is 23.0 Å². The zero-order chi connectivity index (χ0) is 19.0. The van der Waals surface area contributed by atoms with Gasteiger partial charge in [0.2, 0.25) is 0 Å². The second-order valence-corrected chi connectivity index (χ2v) is 6.76. The standard InChI is InChI=1S/C19H22N6O2/c1-13-10-24(11-16-21-22-17(12-27-3)25(13)16)19(26)15-9-20-18(23(15)2)14-7-5-4-6-8-14/h4-9,13H,10-12H2,1-3H3/t13-/m0/s1. The number of imidazole rings is 1. The zero-order valence-corrected chi connectivity index (χ0v) is 15.7. The number of hydrogen-bond donors (Lipinski definition) is 0. The smallest absolute Gasteiger partial charge is 0.272 e. The Kier molecular flexibility index (Phi) is 4.49. The Morgan fingerprint density at radius 2 is 2.04 bits per heavy atom. The molecular weight excluding hydrogens is 344 g/mol. The lowest BCUT2D eigenvalue weighted by molar-refractivity contribution is 0.0665. The lowest BCUT2D eigenvalue weighted by Gasteiger charge is -2.32. The first-order valence-corrected chi connectivity index (χ1v) is 8.88. The van der Waals surface area contributed by atoms with Gasteiger partial charge in [0, 0.05) is 26.3 Å². The molecule has 2 aromatic heterocycles. The first kappa shape index (κ1) is 17.4. The van der Waals surface area contributed by atoms with Gasteiger partial charge in [-0.2, -0.15) is 0 Å². The van der Waals surface area contributed by atoms with Gasteiger partial charge in [0.1, 0.15) is 18.1 Å². The Morgan fingerprint density at radius 1 is 1.26 bits per heavy atom. The van der Waals surface area contributed by atoms with Gasteiger partial charge >= 0.3 is 0 Å². The molecule has 0 bridgehead atoms. The highest BCUT2D eigenvalue weighted by Crippen LogP contribution is 2.25.